The molecule has 0 fully saturated rings. The quantitative estimate of drug-likeness (QED) is 0.163. The summed E-state index contributed by atoms with van der Waals surface area (Å²) in [5, 5.41) is 0. The van der Waals surface area contributed by atoms with Crippen LogP contribution in [0.5, 0.6) is 0 Å². The van der Waals surface area contributed by atoms with Crippen LogP contribution < -0.4 is 26.2 Å². The van der Waals surface area contributed by atoms with Crippen molar-refractivity contribution in [3.05, 3.63) is 148 Å². The molecule has 2 heterocycles. The van der Waals surface area contributed by atoms with E-state index in [9.17, 15) is 0 Å². The van der Waals surface area contributed by atoms with E-state index >= 15 is 0 Å². The fourth-order valence-corrected chi connectivity index (χ4v) is 13.1. The molecule has 6 aromatic carbocycles. The van der Waals surface area contributed by atoms with Gasteiger partial charge in [0.15, 0.2) is 0 Å². The second-order valence-electron chi connectivity index (χ2n) is 29.3. The first-order valence-electron chi connectivity index (χ1n) is 27.2. The van der Waals surface area contributed by atoms with Gasteiger partial charge in [0.25, 0.3) is 6.71 Å². The number of anilines is 6. The number of benzene rings is 6. The summed E-state index contributed by atoms with van der Waals surface area (Å²) in [4.78, 5) is 5.33. The lowest BCUT2D eigenvalue weighted by Crippen LogP contribution is -2.61. The lowest BCUT2D eigenvalue weighted by atomic mass is 9.33. The molecule has 2 aliphatic heterocycles. The van der Waals surface area contributed by atoms with Crippen LogP contribution in [-0.4, -0.2) is 6.71 Å². The Morgan fingerprint density at radius 2 is 0.690 bits per heavy atom. The average Bonchev–Trinajstić information content (AvgIpc) is 3.27. The van der Waals surface area contributed by atoms with Crippen molar-refractivity contribution in [2.24, 2.45) is 0 Å². The zero-order chi connectivity index (χ0) is 51.6. The summed E-state index contributed by atoms with van der Waals surface area (Å²) in [6.07, 6.45) is 4.69. The lowest BCUT2D eigenvalue weighted by Gasteiger charge is -2.50. The molecule has 0 amide bonds. The molecule has 3 heteroatoms. The van der Waals surface area contributed by atoms with E-state index in [4.69, 9.17) is 0 Å². The maximum Gasteiger partial charge on any atom is 0.252 e. The van der Waals surface area contributed by atoms with Gasteiger partial charge in [-0.25, -0.2) is 0 Å². The van der Waals surface area contributed by atoms with Crippen molar-refractivity contribution in [2.75, 3.05) is 9.80 Å². The summed E-state index contributed by atoms with van der Waals surface area (Å²) in [5.41, 5.74) is 26.3. The first-order chi connectivity index (χ1) is 32.7. The van der Waals surface area contributed by atoms with E-state index in [1.165, 1.54) is 96.7 Å². The standard InChI is InChI=1S/C68H85BN2/c1-61(2,3)43-21-27-47(28-22-43)70-53-31-25-45(63(7,8)9)39-51(53)69-52-40-46(64(10,11)12)26-32-54(52)71(48-29-23-44(24-30-48)62(4,5)6)56-38-42(37-55(70)60(56)69)57-58-49(65(13,14)33-35-67(58,17)18)41-50-59(57)68(19,20)36-34-66(50,15)16/h21-32,37-41H,33-36H2,1-20H3. The van der Waals surface area contributed by atoms with Crippen molar-refractivity contribution in [1.29, 1.82) is 0 Å². The fourth-order valence-electron chi connectivity index (χ4n) is 13.1. The monoisotopic (exact) mass is 941 g/mol. The molecule has 10 rings (SSSR count). The van der Waals surface area contributed by atoms with Crippen molar-refractivity contribution in [1.82, 2.24) is 0 Å². The SMILES string of the molecule is CC(C)(C)c1ccc(N2c3ccc(C(C)(C)C)cc3B3c4cc(C(C)(C)C)ccc4N(c4ccc(C(C)(C)C)cc4)c4cc(-c5c6c(cc7c5C(C)(C)CCC7(C)C)C(C)(C)CCC6(C)C)cc2c43)cc1. The summed E-state index contributed by atoms with van der Waals surface area (Å²) < 4.78 is 0. The fraction of sp³-hybridized carbons (Fsp3) is 0.471. The van der Waals surface area contributed by atoms with Crippen LogP contribution in [0.1, 0.15) is 209 Å². The third kappa shape index (κ3) is 8.05. The van der Waals surface area contributed by atoms with Crippen LogP contribution in [0, 0.1) is 0 Å². The van der Waals surface area contributed by atoms with E-state index in [0.717, 1.165) is 12.8 Å². The second-order valence-corrected chi connectivity index (χ2v) is 29.3. The Labute approximate surface area is 431 Å². The molecule has 0 aromatic heterocycles. The normalized spacial score (nSPS) is 18.6. The smallest absolute Gasteiger partial charge is 0.252 e. The van der Waals surface area contributed by atoms with Crippen LogP contribution in [0.3, 0.4) is 0 Å². The molecule has 0 radical (unpaired) electrons. The van der Waals surface area contributed by atoms with Gasteiger partial charge in [0.1, 0.15) is 0 Å². The highest BCUT2D eigenvalue weighted by molar-refractivity contribution is 7.00. The van der Waals surface area contributed by atoms with Crippen LogP contribution in [-0.2, 0) is 43.3 Å². The van der Waals surface area contributed by atoms with Gasteiger partial charge in [-0.15, -0.1) is 0 Å². The molecule has 0 saturated heterocycles. The average molecular weight is 941 g/mol. The Morgan fingerprint density at radius 1 is 0.366 bits per heavy atom. The van der Waals surface area contributed by atoms with Crippen LogP contribution in [0.2, 0.25) is 0 Å². The molecule has 2 aliphatic carbocycles. The maximum absolute atomic E-state index is 2.72. The van der Waals surface area contributed by atoms with E-state index in [-0.39, 0.29) is 50.0 Å². The zero-order valence-electron chi connectivity index (χ0n) is 47.6. The van der Waals surface area contributed by atoms with E-state index in [1.54, 1.807) is 22.3 Å². The van der Waals surface area contributed by atoms with Crippen molar-refractivity contribution in [2.45, 2.75) is 207 Å². The predicted octanol–water partition coefficient (Wildman–Crippen LogP) is 17.3. The Kier molecular flexibility index (Phi) is 11.0. The first-order valence-corrected chi connectivity index (χ1v) is 27.2. The molecule has 0 N–H and O–H groups in total. The van der Waals surface area contributed by atoms with Gasteiger partial charge >= 0.3 is 0 Å². The third-order valence-corrected chi connectivity index (χ3v) is 18.0. The molecule has 0 spiro atoms. The summed E-state index contributed by atoms with van der Waals surface area (Å²) in [6, 6.07) is 42.2. The Hall–Kier alpha value is -5.02. The van der Waals surface area contributed by atoms with Crippen LogP contribution in [0.25, 0.3) is 11.1 Å². The molecule has 0 unspecified atom stereocenters. The van der Waals surface area contributed by atoms with Crippen LogP contribution in [0.4, 0.5) is 34.1 Å². The third-order valence-electron chi connectivity index (χ3n) is 18.0. The first kappa shape index (κ1) is 49.6. The molecular weight excluding hydrogens is 856 g/mol. The van der Waals surface area contributed by atoms with Crippen molar-refractivity contribution >= 4 is 57.2 Å². The van der Waals surface area contributed by atoms with Crippen molar-refractivity contribution in [3.63, 3.8) is 0 Å². The molecular formula is C68H85BN2. The second kappa shape index (κ2) is 15.7. The zero-order valence-corrected chi connectivity index (χ0v) is 47.6. The Morgan fingerprint density at radius 3 is 1.03 bits per heavy atom. The highest BCUT2D eigenvalue weighted by Gasteiger charge is 2.49. The number of nitrogens with zero attached hydrogens (tertiary/aromatic N) is 2. The topological polar surface area (TPSA) is 6.48 Å². The molecule has 71 heavy (non-hydrogen) atoms. The van der Waals surface area contributed by atoms with Gasteiger partial charge in [-0.3, -0.25) is 0 Å². The molecule has 0 saturated carbocycles. The molecule has 4 aliphatic rings. The van der Waals surface area contributed by atoms with E-state index < -0.39 is 0 Å². The van der Waals surface area contributed by atoms with E-state index in [1.807, 2.05) is 0 Å². The van der Waals surface area contributed by atoms with E-state index in [2.05, 4.69) is 251 Å². The molecule has 2 nitrogen and oxygen atoms in total. The minimum absolute atomic E-state index is 0.0145. The molecule has 370 valence electrons. The number of hydrogen-bond acceptors (Lipinski definition) is 2. The molecule has 0 atom stereocenters. The minimum atomic E-state index is -0.0283. The van der Waals surface area contributed by atoms with E-state index in [0.29, 0.717) is 0 Å². The molecule has 6 aromatic rings. The highest BCUT2D eigenvalue weighted by Crippen LogP contribution is 2.59. The highest BCUT2D eigenvalue weighted by atomic mass is 15.2. The summed E-state index contributed by atoms with van der Waals surface area (Å²) in [6.45, 7) is 48.5. The van der Waals surface area contributed by atoms with Gasteiger partial charge in [0.05, 0.1) is 0 Å². The van der Waals surface area contributed by atoms with Gasteiger partial charge < -0.3 is 9.80 Å². The minimum Gasteiger partial charge on any atom is -0.311 e. The maximum atomic E-state index is 2.72. The Bertz CT molecular complexity index is 2910. The van der Waals surface area contributed by atoms with Gasteiger partial charge in [-0.2, -0.15) is 0 Å². The summed E-state index contributed by atoms with van der Waals surface area (Å²) >= 11 is 0. The predicted molar refractivity (Wildman–Crippen MR) is 311 cm³/mol. The van der Waals surface area contributed by atoms with Gasteiger partial charge in [0.2, 0.25) is 0 Å². The summed E-state index contributed by atoms with van der Waals surface area (Å²) in [7, 11) is 0. The molecule has 0 bridgehead atoms. The van der Waals surface area contributed by atoms with Crippen LogP contribution in [0.15, 0.2) is 103 Å². The lowest BCUT2D eigenvalue weighted by molar-refractivity contribution is 0.314. The van der Waals surface area contributed by atoms with Gasteiger partial charge in [-0.1, -0.05) is 193 Å². The largest absolute Gasteiger partial charge is 0.311 e. The summed E-state index contributed by atoms with van der Waals surface area (Å²) in [5.74, 6) is 0. The number of rotatable bonds is 3. The van der Waals surface area contributed by atoms with Gasteiger partial charge in [0, 0.05) is 34.1 Å². The van der Waals surface area contributed by atoms with Crippen molar-refractivity contribution < 1.29 is 0 Å². The number of hydrogen-bond donors (Lipinski definition) is 0. The van der Waals surface area contributed by atoms with Crippen LogP contribution >= 0.6 is 0 Å². The van der Waals surface area contributed by atoms with Crippen molar-refractivity contribution in [3.8, 4) is 11.1 Å². The Balaban J connectivity index is 1.41. The van der Waals surface area contributed by atoms with Gasteiger partial charge in [-0.05, 0) is 190 Å². The number of fused-ring (bicyclic) bond motifs is 6.